The number of hydrogen-bond acceptors (Lipinski definition) is 4. The van der Waals surface area contributed by atoms with Gasteiger partial charge < -0.3 is 9.72 Å². The number of nitrogens with zero attached hydrogens (tertiary/aromatic N) is 2. The highest BCUT2D eigenvalue weighted by atomic mass is 19.1. The van der Waals surface area contributed by atoms with Crippen LogP contribution in [0, 0.1) is 24.1 Å². The average molecular weight is 377 g/mol. The van der Waals surface area contributed by atoms with E-state index in [0.717, 1.165) is 24.5 Å². The third-order valence-electron chi connectivity index (χ3n) is 4.69. The summed E-state index contributed by atoms with van der Waals surface area (Å²) in [7, 11) is 0. The first kappa shape index (κ1) is 17.7. The maximum absolute atomic E-state index is 14.6. The summed E-state index contributed by atoms with van der Waals surface area (Å²) in [6, 6.07) is 12.5. The first-order valence-corrected chi connectivity index (χ1v) is 8.81. The number of aryl methyl sites for hydroxylation is 1. The molecular formula is C21H16FN3O3. The molecule has 6 nitrogen and oxygen atoms in total. The number of nitriles is 1. The molecule has 3 aromatic rings. The molecule has 1 heterocycles. The van der Waals surface area contributed by atoms with Crippen molar-refractivity contribution in [2.24, 2.45) is 0 Å². The number of H-pyrrole nitrogens is 1. The molecule has 28 heavy (non-hydrogen) atoms. The van der Waals surface area contributed by atoms with Crippen LogP contribution in [0.25, 0.3) is 5.69 Å². The van der Waals surface area contributed by atoms with Gasteiger partial charge in [-0.3, -0.25) is 4.79 Å². The van der Waals surface area contributed by atoms with Crippen molar-refractivity contribution in [2.45, 2.75) is 25.7 Å². The molecule has 1 N–H and O–H groups in total. The van der Waals surface area contributed by atoms with Crippen LogP contribution >= 0.6 is 0 Å². The van der Waals surface area contributed by atoms with Gasteiger partial charge in [-0.25, -0.2) is 13.8 Å². The Morgan fingerprint density at radius 1 is 1.18 bits per heavy atom. The fraction of sp³-hybridized carbons (Fsp3) is 0.190. The maximum Gasteiger partial charge on any atom is 0.333 e. The molecule has 0 atom stereocenters. The standard InChI is InChI=1S/C21H16FN3O3/c1-12-4-2-3-5-18(12)28-19-10-17(15(22)8-14(19)11-23)25-20(26)9-16(13-6-7-13)24-21(25)27/h2-5,8-10,13H,6-7H2,1H3,(H,24,27). The summed E-state index contributed by atoms with van der Waals surface area (Å²) in [5.74, 6) is -0.131. The van der Waals surface area contributed by atoms with E-state index in [-0.39, 0.29) is 22.9 Å². The van der Waals surface area contributed by atoms with Gasteiger partial charge in [0.15, 0.2) is 0 Å². The third kappa shape index (κ3) is 3.21. The molecule has 0 amide bonds. The van der Waals surface area contributed by atoms with Crippen LogP contribution in [0.1, 0.15) is 35.6 Å². The first-order valence-electron chi connectivity index (χ1n) is 8.81. The van der Waals surface area contributed by atoms with Crippen molar-refractivity contribution in [3.63, 3.8) is 0 Å². The van der Waals surface area contributed by atoms with Gasteiger partial charge in [-0.15, -0.1) is 0 Å². The predicted octanol–water partition coefficient (Wildman–Crippen LogP) is 3.51. The monoisotopic (exact) mass is 377 g/mol. The van der Waals surface area contributed by atoms with Gasteiger partial charge in [0.05, 0.1) is 11.3 Å². The van der Waals surface area contributed by atoms with E-state index < -0.39 is 17.1 Å². The fourth-order valence-electron chi connectivity index (χ4n) is 3.03. The van der Waals surface area contributed by atoms with Crippen molar-refractivity contribution in [2.75, 3.05) is 0 Å². The highest BCUT2D eigenvalue weighted by Gasteiger charge is 2.26. The summed E-state index contributed by atoms with van der Waals surface area (Å²) >= 11 is 0. The van der Waals surface area contributed by atoms with Crippen molar-refractivity contribution in [3.8, 4) is 23.3 Å². The van der Waals surface area contributed by atoms with Crippen LogP contribution in [0.4, 0.5) is 4.39 Å². The van der Waals surface area contributed by atoms with Crippen LogP contribution in [-0.2, 0) is 0 Å². The molecule has 140 valence electrons. The van der Waals surface area contributed by atoms with E-state index in [2.05, 4.69) is 4.98 Å². The Hall–Kier alpha value is -3.66. The van der Waals surface area contributed by atoms with E-state index in [1.165, 1.54) is 12.1 Å². The second-order valence-corrected chi connectivity index (χ2v) is 6.76. The van der Waals surface area contributed by atoms with Crippen molar-refractivity contribution in [1.82, 2.24) is 9.55 Å². The summed E-state index contributed by atoms with van der Waals surface area (Å²) in [5, 5.41) is 9.33. The molecule has 1 aromatic heterocycles. The zero-order chi connectivity index (χ0) is 19.8. The zero-order valence-electron chi connectivity index (χ0n) is 15.0. The Kier molecular flexibility index (Phi) is 4.32. The second-order valence-electron chi connectivity index (χ2n) is 6.76. The number of nitrogens with one attached hydrogen (secondary N) is 1. The average Bonchev–Trinajstić information content (AvgIpc) is 3.50. The number of para-hydroxylation sites is 1. The van der Waals surface area contributed by atoms with E-state index in [1.54, 1.807) is 12.1 Å². The molecule has 2 aromatic carbocycles. The lowest BCUT2D eigenvalue weighted by Crippen LogP contribution is -2.34. The molecule has 0 unspecified atom stereocenters. The summed E-state index contributed by atoms with van der Waals surface area (Å²) in [5.41, 5.74) is -0.270. The molecule has 0 bridgehead atoms. The Bertz CT molecular complexity index is 1200. The third-order valence-corrected chi connectivity index (χ3v) is 4.69. The summed E-state index contributed by atoms with van der Waals surface area (Å²) in [4.78, 5) is 27.6. The number of benzene rings is 2. The lowest BCUT2D eigenvalue weighted by molar-refractivity contribution is 0.474. The largest absolute Gasteiger partial charge is 0.456 e. The van der Waals surface area contributed by atoms with Gasteiger partial charge in [-0.1, -0.05) is 18.2 Å². The molecular weight excluding hydrogens is 361 g/mol. The predicted molar refractivity (Wildman–Crippen MR) is 101 cm³/mol. The van der Waals surface area contributed by atoms with Crippen LogP contribution < -0.4 is 16.0 Å². The smallest absolute Gasteiger partial charge is 0.333 e. The van der Waals surface area contributed by atoms with Crippen LogP contribution in [0.2, 0.25) is 0 Å². The number of aromatic amines is 1. The zero-order valence-corrected chi connectivity index (χ0v) is 15.0. The van der Waals surface area contributed by atoms with Crippen molar-refractivity contribution in [3.05, 3.63) is 85.9 Å². The van der Waals surface area contributed by atoms with Gasteiger partial charge in [0.1, 0.15) is 23.4 Å². The lowest BCUT2D eigenvalue weighted by Gasteiger charge is -2.13. The minimum Gasteiger partial charge on any atom is -0.456 e. The maximum atomic E-state index is 14.6. The Morgan fingerprint density at radius 3 is 2.57 bits per heavy atom. The van der Waals surface area contributed by atoms with Crippen LogP contribution in [0.15, 0.2) is 52.1 Å². The molecule has 0 saturated heterocycles. The Labute approximate surface area is 159 Å². The number of aromatic nitrogens is 2. The highest BCUT2D eigenvalue weighted by Crippen LogP contribution is 2.38. The van der Waals surface area contributed by atoms with Gasteiger partial charge in [-0.2, -0.15) is 5.26 Å². The van der Waals surface area contributed by atoms with Gasteiger partial charge in [0, 0.05) is 17.8 Å². The normalized spacial score (nSPS) is 13.2. The first-order chi connectivity index (χ1) is 13.5. The number of halogens is 1. The summed E-state index contributed by atoms with van der Waals surface area (Å²) in [6.07, 6.45) is 1.83. The van der Waals surface area contributed by atoms with Crippen LogP contribution in [-0.4, -0.2) is 9.55 Å². The van der Waals surface area contributed by atoms with Crippen LogP contribution in [0.5, 0.6) is 11.5 Å². The summed E-state index contributed by atoms with van der Waals surface area (Å²) < 4.78 is 21.1. The van der Waals surface area contributed by atoms with Gasteiger partial charge >= 0.3 is 5.69 Å². The number of rotatable bonds is 4. The Morgan fingerprint density at radius 2 is 1.93 bits per heavy atom. The quantitative estimate of drug-likeness (QED) is 0.754. The lowest BCUT2D eigenvalue weighted by atomic mass is 10.1. The van der Waals surface area contributed by atoms with E-state index in [0.29, 0.717) is 16.0 Å². The Balaban J connectivity index is 1.85. The van der Waals surface area contributed by atoms with Gasteiger partial charge in [0.2, 0.25) is 0 Å². The SMILES string of the molecule is Cc1ccccc1Oc1cc(-n2c(=O)cc(C3CC3)[nH]c2=O)c(F)cc1C#N. The summed E-state index contributed by atoms with van der Waals surface area (Å²) in [6.45, 7) is 1.83. The van der Waals surface area contributed by atoms with Crippen molar-refractivity contribution >= 4 is 0 Å². The topological polar surface area (TPSA) is 87.9 Å². The molecule has 1 fully saturated rings. The minimum absolute atomic E-state index is 0.0384. The molecule has 1 aliphatic rings. The number of hydrogen-bond donors (Lipinski definition) is 1. The minimum atomic E-state index is -0.861. The van der Waals surface area contributed by atoms with Crippen molar-refractivity contribution in [1.29, 1.82) is 5.26 Å². The van der Waals surface area contributed by atoms with E-state index in [4.69, 9.17) is 4.74 Å². The second kappa shape index (κ2) is 6.82. The van der Waals surface area contributed by atoms with Gasteiger partial charge in [-0.05, 0) is 43.4 Å². The van der Waals surface area contributed by atoms with E-state index in [9.17, 15) is 19.2 Å². The van der Waals surface area contributed by atoms with E-state index in [1.807, 2.05) is 25.1 Å². The molecule has 4 rings (SSSR count). The fourth-order valence-corrected chi connectivity index (χ4v) is 3.03. The van der Waals surface area contributed by atoms with Crippen LogP contribution in [0.3, 0.4) is 0 Å². The number of ether oxygens (including phenoxy) is 1. The van der Waals surface area contributed by atoms with Gasteiger partial charge in [0.25, 0.3) is 5.56 Å². The molecule has 1 saturated carbocycles. The highest BCUT2D eigenvalue weighted by molar-refractivity contribution is 5.53. The van der Waals surface area contributed by atoms with E-state index >= 15 is 0 Å². The molecule has 0 spiro atoms. The molecule has 0 radical (unpaired) electrons. The molecule has 1 aliphatic carbocycles. The molecule has 7 heteroatoms. The molecule has 0 aliphatic heterocycles. The van der Waals surface area contributed by atoms with Crippen molar-refractivity contribution < 1.29 is 9.13 Å².